The molecule has 4 rings (SSSR count). The Morgan fingerprint density at radius 1 is 1.26 bits per heavy atom. The van der Waals surface area contributed by atoms with Gasteiger partial charge in [0.15, 0.2) is 5.13 Å². The largest absolute Gasteiger partial charge is 0.381 e. The lowest BCUT2D eigenvalue weighted by atomic mass is 9.86. The zero-order chi connectivity index (χ0) is 25.2. The molecule has 0 saturated carbocycles. The van der Waals surface area contributed by atoms with Crippen LogP contribution in [0.5, 0.6) is 0 Å². The SMILES string of the molecule is Cc1nc(Nc2ccc(Cl)cc2)sc1C(=O)NC(C)C(O)(Cn1cncn1)c1ccc(F)cc1F. The van der Waals surface area contributed by atoms with Crippen molar-refractivity contribution < 1.29 is 18.7 Å². The average Bonchev–Trinajstić information content (AvgIpc) is 3.44. The number of hydrogen-bond acceptors (Lipinski definition) is 7. The van der Waals surface area contributed by atoms with Gasteiger partial charge in [-0.2, -0.15) is 5.10 Å². The number of carbonyl (C=O) groups is 1. The van der Waals surface area contributed by atoms with Crippen molar-refractivity contribution in [2.75, 3.05) is 5.32 Å². The van der Waals surface area contributed by atoms with Crippen molar-refractivity contribution in [3.63, 3.8) is 0 Å². The summed E-state index contributed by atoms with van der Waals surface area (Å²) in [6, 6.07) is 8.88. The summed E-state index contributed by atoms with van der Waals surface area (Å²) in [7, 11) is 0. The maximum absolute atomic E-state index is 14.7. The number of hydrogen-bond donors (Lipinski definition) is 3. The number of nitrogens with zero attached hydrogens (tertiary/aromatic N) is 4. The monoisotopic (exact) mass is 518 g/mol. The number of rotatable bonds is 8. The molecule has 0 bridgehead atoms. The van der Waals surface area contributed by atoms with Crippen molar-refractivity contribution in [1.82, 2.24) is 25.1 Å². The molecule has 182 valence electrons. The van der Waals surface area contributed by atoms with E-state index in [4.69, 9.17) is 11.6 Å². The summed E-state index contributed by atoms with van der Waals surface area (Å²) in [6.07, 6.45) is 2.61. The summed E-state index contributed by atoms with van der Waals surface area (Å²) < 4.78 is 29.5. The maximum atomic E-state index is 14.7. The summed E-state index contributed by atoms with van der Waals surface area (Å²) in [6.45, 7) is 2.98. The van der Waals surface area contributed by atoms with Crippen molar-refractivity contribution in [2.24, 2.45) is 0 Å². The fraction of sp³-hybridized carbons (Fsp3) is 0.217. The van der Waals surface area contributed by atoms with Crippen LogP contribution in [0.2, 0.25) is 5.02 Å². The summed E-state index contributed by atoms with van der Waals surface area (Å²) >= 11 is 7.04. The molecule has 0 radical (unpaired) electrons. The van der Waals surface area contributed by atoms with E-state index in [1.54, 1.807) is 31.2 Å². The van der Waals surface area contributed by atoms with E-state index < -0.39 is 29.2 Å². The van der Waals surface area contributed by atoms with Gasteiger partial charge in [0.05, 0.1) is 18.3 Å². The summed E-state index contributed by atoms with van der Waals surface area (Å²) in [5, 5.41) is 22.5. The van der Waals surface area contributed by atoms with Crippen LogP contribution in [0.1, 0.15) is 27.9 Å². The van der Waals surface area contributed by atoms with Gasteiger partial charge in [0.25, 0.3) is 5.91 Å². The Balaban J connectivity index is 1.58. The normalized spacial score (nSPS) is 13.8. The van der Waals surface area contributed by atoms with Gasteiger partial charge in [0, 0.05) is 22.3 Å². The summed E-state index contributed by atoms with van der Waals surface area (Å²) in [5.41, 5.74) is -0.931. The van der Waals surface area contributed by atoms with E-state index in [0.29, 0.717) is 26.8 Å². The first-order chi connectivity index (χ1) is 16.7. The van der Waals surface area contributed by atoms with Crippen molar-refractivity contribution in [2.45, 2.75) is 32.0 Å². The Hall–Kier alpha value is -3.41. The van der Waals surface area contributed by atoms with Crippen LogP contribution in [-0.4, -0.2) is 36.8 Å². The van der Waals surface area contributed by atoms with Gasteiger partial charge in [-0.25, -0.2) is 23.4 Å². The van der Waals surface area contributed by atoms with Crippen LogP contribution in [-0.2, 0) is 12.1 Å². The lowest BCUT2D eigenvalue weighted by Gasteiger charge is -2.35. The lowest BCUT2D eigenvalue weighted by molar-refractivity contribution is -0.0185. The zero-order valence-corrected chi connectivity index (χ0v) is 20.2. The second-order valence-electron chi connectivity index (χ2n) is 7.90. The van der Waals surface area contributed by atoms with Gasteiger partial charge in [0.2, 0.25) is 0 Å². The number of carbonyl (C=O) groups excluding carboxylic acids is 1. The van der Waals surface area contributed by atoms with E-state index in [0.717, 1.165) is 29.2 Å². The van der Waals surface area contributed by atoms with Crippen LogP contribution in [0.15, 0.2) is 55.1 Å². The molecule has 2 aromatic heterocycles. The molecular weight excluding hydrogens is 498 g/mol. The molecule has 0 aliphatic carbocycles. The maximum Gasteiger partial charge on any atom is 0.263 e. The second kappa shape index (κ2) is 10.1. The third kappa shape index (κ3) is 5.47. The van der Waals surface area contributed by atoms with Crippen molar-refractivity contribution >= 4 is 39.7 Å². The highest BCUT2D eigenvalue weighted by Crippen LogP contribution is 2.31. The number of benzene rings is 2. The van der Waals surface area contributed by atoms with E-state index in [-0.39, 0.29) is 12.1 Å². The van der Waals surface area contributed by atoms with E-state index in [1.165, 1.54) is 24.3 Å². The number of nitrogens with one attached hydrogen (secondary N) is 2. The molecule has 0 fully saturated rings. The van der Waals surface area contributed by atoms with Gasteiger partial charge in [-0.05, 0) is 44.2 Å². The number of anilines is 2. The zero-order valence-electron chi connectivity index (χ0n) is 18.7. The van der Waals surface area contributed by atoms with Crippen LogP contribution in [0, 0.1) is 18.6 Å². The van der Waals surface area contributed by atoms with E-state index in [1.807, 2.05) is 0 Å². The molecule has 8 nitrogen and oxygen atoms in total. The minimum absolute atomic E-state index is 0.187. The van der Waals surface area contributed by atoms with Crippen LogP contribution in [0.25, 0.3) is 0 Å². The van der Waals surface area contributed by atoms with Gasteiger partial charge in [0.1, 0.15) is 34.8 Å². The Bertz CT molecular complexity index is 1330. The van der Waals surface area contributed by atoms with E-state index in [2.05, 4.69) is 25.7 Å². The van der Waals surface area contributed by atoms with Gasteiger partial charge < -0.3 is 15.7 Å². The van der Waals surface area contributed by atoms with Crippen molar-refractivity contribution in [1.29, 1.82) is 0 Å². The molecule has 4 aromatic rings. The number of amides is 1. The highest BCUT2D eigenvalue weighted by atomic mass is 35.5. The Morgan fingerprint density at radius 2 is 2.00 bits per heavy atom. The van der Waals surface area contributed by atoms with E-state index >= 15 is 0 Å². The standard InChI is InChI=1S/C23H21ClF2N6O2S/c1-13-20(35-22(29-13)31-17-6-3-15(24)4-7-17)21(33)30-14(2)23(34,10-32-12-27-11-28-32)18-8-5-16(25)9-19(18)26/h3-9,11-12,14,34H,10H2,1-2H3,(H,29,31)(H,30,33). The number of aliphatic hydroxyl groups is 1. The molecule has 35 heavy (non-hydrogen) atoms. The molecule has 12 heteroatoms. The Kier molecular flexibility index (Phi) is 7.10. The molecule has 0 aliphatic heterocycles. The minimum atomic E-state index is -1.97. The molecule has 2 unspecified atom stereocenters. The van der Waals surface area contributed by atoms with E-state index in [9.17, 15) is 18.7 Å². The number of halogens is 3. The molecular formula is C23H21ClF2N6O2S. The fourth-order valence-electron chi connectivity index (χ4n) is 3.56. The minimum Gasteiger partial charge on any atom is -0.381 e. The fourth-order valence-corrected chi connectivity index (χ4v) is 4.57. The van der Waals surface area contributed by atoms with Crippen LogP contribution in [0.4, 0.5) is 19.6 Å². The first-order valence-corrected chi connectivity index (χ1v) is 11.7. The first-order valence-electron chi connectivity index (χ1n) is 10.5. The highest BCUT2D eigenvalue weighted by molar-refractivity contribution is 7.17. The molecule has 3 N–H and O–H groups in total. The second-order valence-corrected chi connectivity index (χ2v) is 9.34. The Morgan fingerprint density at radius 3 is 2.66 bits per heavy atom. The summed E-state index contributed by atoms with van der Waals surface area (Å²) in [5.74, 6) is -2.24. The molecule has 2 aromatic carbocycles. The van der Waals surface area contributed by atoms with Crippen LogP contribution in [0.3, 0.4) is 0 Å². The number of thiazole rings is 1. The molecule has 2 atom stereocenters. The molecule has 1 amide bonds. The first kappa shape index (κ1) is 24.7. The topological polar surface area (TPSA) is 105 Å². The van der Waals surface area contributed by atoms with Crippen molar-refractivity contribution in [3.8, 4) is 0 Å². The Labute approximate surface area is 208 Å². The smallest absolute Gasteiger partial charge is 0.263 e. The summed E-state index contributed by atoms with van der Waals surface area (Å²) in [4.78, 5) is 21.7. The van der Waals surface area contributed by atoms with Gasteiger partial charge >= 0.3 is 0 Å². The molecule has 0 saturated heterocycles. The predicted octanol–water partition coefficient (Wildman–Crippen LogP) is 4.42. The molecule has 2 heterocycles. The van der Waals surface area contributed by atoms with Gasteiger partial charge in [-0.1, -0.05) is 29.0 Å². The van der Waals surface area contributed by atoms with Crippen LogP contribution >= 0.6 is 22.9 Å². The molecule has 0 aliphatic rings. The number of aryl methyl sites for hydroxylation is 1. The van der Waals surface area contributed by atoms with Crippen LogP contribution < -0.4 is 10.6 Å². The lowest BCUT2D eigenvalue weighted by Crippen LogP contribution is -2.51. The third-order valence-corrected chi connectivity index (χ3v) is 6.75. The predicted molar refractivity (Wildman–Crippen MR) is 129 cm³/mol. The number of aromatic nitrogens is 4. The van der Waals surface area contributed by atoms with Gasteiger partial charge in [-0.3, -0.25) is 4.79 Å². The highest BCUT2D eigenvalue weighted by Gasteiger charge is 2.40. The van der Waals surface area contributed by atoms with Gasteiger partial charge in [-0.15, -0.1) is 0 Å². The van der Waals surface area contributed by atoms with Crippen molar-refractivity contribution in [3.05, 3.63) is 87.9 Å². The quantitative estimate of drug-likeness (QED) is 0.319. The third-order valence-electron chi connectivity index (χ3n) is 5.43. The average molecular weight is 519 g/mol. The molecule has 0 spiro atoms.